The topological polar surface area (TPSA) is 41.6 Å². The minimum Gasteiger partial charge on any atom is -0.275 e. The minimum atomic E-state index is -1.08. The zero-order valence-electron chi connectivity index (χ0n) is 11.2. The lowest BCUT2D eigenvalue weighted by atomic mass is 10.0. The molecule has 4 rings (SSSR count). The highest BCUT2D eigenvalue weighted by molar-refractivity contribution is 7.18. The van der Waals surface area contributed by atoms with Gasteiger partial charge in [-0.25, -0.2) is 13.8 Å². The van der Waals surface area contributed by atoms with Gasteiger partial charge in [0, 0.05) is 10.9 Å². The molecule has 0 aliphatic heterocycles. The third-order valence-electron chi connectivity index (χ3n) is 3.52. The Hall–Kier alpha value is -2.05. The molecule has 3 nitrogen and oxygen atoms in total. The molecule has 110 valence electrons. The molecule has 0 atom stereocenters. The Morgan fingerprint density at radius 2 is 2.05 bits per heavy atom. The molecule has 2 heterocycles. The first kappa shape index (κ1) is 13.6. The second kappa shape index (κ2) is 4.72. The van der Waals surface area contributed by atoms with E-state index in [9.17, 15) is 8.78 Å². The van der Waals surface area contributed by atoms with Crippen molar-refractivity contribution in [1.82, 2.24) is 15.2 Å². The number of nitrogens with one attached hydrogen (secondary N) is 1. The summed E-state index contributed by atoms with van der Waals surface area (Å²) in [5.74, 6) is -2.09. The molecule has 7 heteroatoms. The number of hydrogen-bond acceptors (Lipinski definition) is 3. The van der Waals surface area contributed by atoms with Crippen molar-refractivity contribution in [3.8, 4) is 11.1 Å². The lowest BCUT2D eigenvalue weighted by Gasteiger charge is -2.08. The van der Waals surface area contributed by atoms with Gasteiger partial charge in [-0.1, -0.05) is 17.7 Å². The minimum absolute atomic E-state index is 0.0116. The molecule has 0 spiro atoms. The molecule has 0 aliphatic rings. The first-order chi connectivity index (χ1) is 10.6. The van der Waals surface area contributed by atoms with Crippen LogP contribution in [0.5, 0.6) is 0 Å². The number of thiazole rings is 1. The van der Waals surface area contributed by atoms with Gasteiger partial charge in [-0.3, -0.25) is 5.10 Å². The standard InChI is InChI=1S/C15H8ClF2N3S/c1-6-20-9-3-2-7(4-10(9)22-6)11-8-5-19-21-15(8)14(18)13(17)12(11)16/h2-5H,1H3,(H,19,21). The molecule has 22 heavy (non-hydrogen) atoms. The lowest BCUT2D eigenvalue weighted by Crippen LogP contribution is -1.92. The summed E-state index contributed by atoms with van der Waals surface area (Å²) in [4.78, 5) is 4.39. The number of benzene rings is 2. The molecule has 0 saturated heterocycles. The Labute approximate surface area is 132 Å². The molecule has 1 N–H and O–H groups in total. The van der Waals surface area contributed by atoms with E-state index in [1.54, 1.807) is 6.07 Å². The van der Waals surface area contributed by atoms with Gasteiger partial charge in [0.15, 0.2) is 11.6 Å². The van der Waals surface area contributed by atoms with E-state index >= 15 is 0 Å². The molecule has 0 saturated carbocycles. The van der Waals surface area contributed by atoms with E-state index in [2.05, 4.69) is 15.2 Å². The summed E-state index contributed by atoms with van der Waals surface area (Å²) in [6, 6.07) is 5.52. The van der Waals surface area contributed by atoms with Gasteiger partial charge in [-0.15, -0.1) is 11.3 Å². The third kappa shape index (κ3) is 1.84. The van der Waals surface area contributed by atoms with E-state index in [0.717, 1.165) is 15.2 Å². The summed E-state index contributed by atoms with van der Waals surface area (Å²) < 4.78 is 28.9. The van der Waals surface area contributed by atoms with Crippen molar-refractivity contribution < 1.29 is 8.78 Å². The van der Waals surface area contributed by atoms with Crippen molar-refractivity contribution in [3.05, 3.63) is 46.1 Å². The van der Waals surface area contributed by atoms with Gasteiger partial charge in [0.1, 0.15) is 5.52 Å². The van der Waals surface area contributed by atoms with Gasteiger partial charge < -0.3 is 0 Å². The van der Waals surface area contributed by atoms with E-state index in [4.69, 9.17) is 11.6 Å². The maximum absolute atomic E-state index is 14.0. The van der Waals surface area contributed by atoms with Gasteiger partial charge in [-0.05, 0) is 24.6 Å². The Kier molecular flexibility index (Phi) is 2.92. The summed E-state index contributed by atoms with van der Waals surface area (Å²) in [5, 5.41) is 7.42. The molecule has 0 bridgehead atoms. The van der Waals surface area contributed by atoms with Gasteiger partial charge in [0.25, 0.3) is 0 Å². The van der Waals surface area contributed by atoms with Crippen molar-refractivity contribution in [1.29, 1.82) is 0 Å². The van der Waals surface area contributed by atoms with Crippen molar-refractivity contribution in [2.24, 2.45) is 0 Å². The summed E-state index contributed by atoms with van der Waals surface area (Å²) in [5.41, 5.74) is 2.01. The van der Waals surface area contributed by atoms with Crippen LogP contribution in [0.4, 0.5) is 8.78 Å². The molecular weight excluding hydrogens is 328 g/mol. The van der Waals surface area contributed by atoms with Crippen LogP contribution in [0.15, 0.2) is 24.4 Å². The fraction of sp³-hybridized carbons (Fsp3) is 0.0667. The highest BCUT2D eigenvalue weighted by Gasteiger charge is 2.21. The predicted molar refractivity (Wildman–Crippen MR) is 84.4 cm³/mol. The van der Waals surface area contributed by atoms with Crippen molar-refractivity contribution >= 4 is 44.1 Å². The SMILES string of the molecule is Cc1nc2ccc(-c3c(Cl)c(F)c(F)c4[nH]ncc34)cc2s1. The number of aromatic nitrogens is 3. The fourth-order valence-electron chi connectivity index (χ4n) is 2.55. The zero-order valence-corrected chi connectivity index (χ0v) is 12.8. The van der Waals surface area contributed by atoms with Gasteiger partial charge >= 0.3 is 0 Å². The van der Waals surface area contributed by atoms with Crippen LogP contribution in [0.1, 0.15) is 5.01 Å². The average Bonchev–Trinajstić information content (AvgIpc) is 3.10. The molecule has 2 aromatic heterocycles. The number of aromatic amines is 1. The van der Waals surface area contributed by atoms with Crippen LogP contribution < -0.4 is 0 Å². The maximum Gasteiger partial charge on any atom is 0.186 e. The average molecular weight is 336 g/mol. The number of rotatable bonds is 1. The van der Waals surface area contributed by atoms with Gasteiger partial charge in [0.05, 0.1) is 26.4 Å². The quantitative estimate of drug-likeness (QED) is 0.493. The maximum atomic E-state index is 14.0. The number of H-pyrrole nitrogens is 1. The monoisotopic (exact) mass is 335 g/mol. The molecule has 0 fully saturated rings. The summed E-state index contributed by atoms with van der Waals surface area (Å²) in [6.07, 6.45) is 1.45. The molecule has 0 aliphatic carbocycles. The normalized spacial score (nSPS) is 11.6. The largest absolute Gasteiger partial charge is 0.275 e. The Bertz CT molecular complexity index is 1040. The molecule has 0 unspecified atom stereocenters. The van der Waals surface area contributed by atoms with Crippen molar-refractivity contribution in [3.63, 3.8) is 0 Å². The lowest BCUT2D eigenvalue weighted by molar-refractivity contribution is 0.516. The molecule has 4 aromatic rings. The fourth-order valence-corrected chi connectivity index (χ4v) is 3.71. The van der Waals surface area contributed by atoms with E-state index < -0.39 is 11.6 Å². The summed E-state index contributed by atoms with van der Waals surface area (Å²) in [6.45, 7) is 1.92. The van der Waals surface area contributed by atoms with Crippen LogP contribution in [0.2, 0.25) is 5.02 Å². The van der Waals surface area contributed by atoms with Crippen LogP contribution >= 0.6 is 22.9 Å². The second-order valence-electron chi connectivity index (χ2n) is 4.89. The van der Waals surface area contributed by atoms with Gasteiger partial charge in [-0.2, -0.15) is 5.10 Å². The van der Waals surface area contributed by atoms with E-state index in [-0.39, 0.29) is 10.5 Å². The molecule has 2 aromatic carbocycles. The third-order valence-corrected chi connectivity index (χ3v) is 4.81. The second-order valence-corrected chi connectivity index (χ2v) is 6.50. The van der Waals surface area contributed by atoms with Crippen LogP contribution in [-0.4, -0.2) is 15.2 Å². The van der Waals surface area contributed by atoms with E-state index in [1.165, 1.54) is 17.5 Å². The number of hydrogen-bond donors (Lipinski definition) is 1. The van der Waals surface area contributed by atoms with Crippen LogP contribution in [-0.2, 0) is 0 Å². The smallest absolute Gasteiger partial charge is 0.186 e. The van der Waals surface area contributed by atoms with Crippen molar-refractivity contribution in [2.45, 2.75) is 6.92 Å². The number of fused-ring (bicyclic) bond motifs is 2. The number of halogens is 3. The van der Waals surface area contributed by atoms with E-state index in [0.29, 0.717) is 16.5 Å². The zero-order chi connectivity index (χ0) is 15.4. The Balaban J connectivity index is 2.09. The summed E-state index contributed by atoms with van der Waals surface area (Å²) >= 11 is 7.59. The number of nitrogens with zero attached hydrogens (tertiary/aromatic N) is 2. The number of aryl methyl sites for hydroxylation is 1. The molecule has 0 amide bonds. The van der Waals surface area contributed by atoms with Crippen molar-refractivity contribution in [2.75, 3.05) is 0 Å². The predicted octanol–water partition coefficient (Wildman–Crippen LogP) is 5.08. The Morgan fingerprint density at radius 1 is 1.23 bits per heavy atom. The highest BCUT2D eigenvalue weighted by Crippen LogP contribution is 2.39. The van der Waals surface area contributed by atoms with Crippen LogP contribution in [0.25, 0.3) is 32.2 Å². The highest BCUT2D eigenvalue weighted by atomic mass is 35.5. The molecular formula is C15H8ClF2N3S. The molecule has 0 radical (unpaired) electrons. The van der Waals surface area contributed by atoms with Gasteiger partial charge in [0.2, 0.25) is 0 Å². The first-order valence-electron chi connectivity index (χ1n) is 6.43. The Morgan fingerprint density at radius 3 is 2.86 bits per heavy atom. The first-order valence-corrected chi connectivity index (χ1v) is 7.63. The van der Waals surface area contributed by atoms with Crippen LogP contribution in [0, 0.1) is 18.6 Å². The van der Waals surface area contributed by atoms with Crippen LogP contribution in [0.3, 0.4) is 0 Å². The summed E-state index contributed by atoms with van der Waals surface area (Å²) in [7, 11) is 0. The van der Waals surface area contributed by atoms with E-state index in [1.807, 2.05) is 19.1 Å².